The van der Waals surface area contributed by atoms with Crippen molar-refractivity contribution in [2.24, 2.45) is 5.92 Å². The second kappa shape index (κ2) is 4.00. The normalized spacial score (nSPS) is 31.0. The van der Waals surface area contributed by atoms with Gasteiger partial charge in [0.05, 0.1) is 13.6 Å². The van der Waals surface area contributed by atoms with Crippen LogP contribution in [0.15, 0.2) is 0 Å². The fourth-order valence-electron chi connectivity index (χ4n) is 2.12. The molecule has 1 aliphatic heterocycles. The number of imide groups is 1. The van der Waals surface area contributed by atoms with Crippen LogP contribution in [0.4, 0.5) is 4.79 Å². The highest BCUT2D eigenvalue weighted by Gasteiger charge is 2.63. The number of urea groups is 1. The highest BCUT2D eigenvalue weighted by Crippen LogP contribution is 2.35. The van der Waals surface area contributed by atoms with E-state index < -0.39 is 5.54 Å². The first-order valence-corrected chi connectivity index (χ1v) is 5.92. The van der Waals surface area contributed by atoms with E-state index in [4.69, 9.17) is 11.8 Å². The molecule has 4 nitrogen and oxygen atoms in total. The third kappa shape index (κ3) is 1.74. The molecule has 0 aromatic carbocycles. The smallest absolute Gasteiger partial charge is 0.227 e. The monoisotopic (exact) mass is 247 g/mol. The molecule has 0 aromatic heterocycles. The van der Waals surface area contributed by atoms with Crippen molar-refractivity contribution in [3.63, 3.8) is 0 Å². The molecule has 16 heavy (non-hydrogen) atoms. The summed E-state index contributed by atoms with van der Waals surface area (Å²) in [7, 11) is 1.65. The van der Waals surface area contributed by atoms with Gasteiger partial charge in [0.1, 0.15) is 0 Å². The SMILES string of the molecule is CCC(C)C[N+]1(C)C(=O)N(Cl)C(C)(C)C1=O. The van der Waals surface area contributed by atoms with E-state index >= 15 is 0 Å². The summed E-state index contributed by atoms with van der Waals surface area (Å²) in [6.07, 6.45) is 0.942. The van der Waals surface area contributed by atoms with Gasteiger partial charge in [0, 0.05) is 17.7 Å². The van der Waals surface area contributed by atoms with E-state index in [-0.39, 0.29) is 16.4 Å². The Hall–Kier alpha value is -0.610. The Morgan fingerprint density at radius 1 is 1.44 bits per heavy atom. The maximum absolute atomic E-state index is 12.2. The summed E-state index contributed by atoms with van der Waals surface area (Å²) in [5, 5.41) is 0. The lowest BCUT2D eigenvalue weighted by Crippen LogP contribution is -2.53. The summed E-state index contributed by atoms with van der Waals surface area (Å²) < 4.78 is 0.823. The minimum atomic E-state index is -0.916. The minimum Gasteiger partial charge on any atom is -0.227 e. The van der Waals surface area contributed by atoms with Gasteiger partial charge in [-0.05, 0) is 20.3 Å². The average molecular weight is 248 g/mol. The Labute approximate surface area is 102 Å². The second-order valence-corrected chi connectivity index (χ2v) is 5.65. The van der Waals surface area contributed by atoms with Crippen molar-refractivity contribution < 1.29 is 14.1 Å². The first-order chi connectivity index (χ1) is 7.17. The van der Waals surface area contributed by atoms with Crippen LogP contribution in [0.3, 0.4) is 0 Å². The minimum absolute atomic E-state index is 0.132. The van der Waals surface area contributed by atoms with Gasteiger partial charge >= 0.3 is 11.9 Å². The molecule has 0 saturated carbocycles. The molecule has 1 fully saturated rings. The molecule has 0 radical (unpaired) electrons. The fraction of sp³-hybridized carbons (Fsp3) is 0.818. The molecular weight excluding hydrogens is 228 g/mol. The lowest BCUT2D eigenvalue weighted by Gasteiger charge is -2.25. The third-order valence-corrected chi connectivity index (χ3v) is 3.99. The van der Waals surface area contributed by atoms with E-state index in [0.29, 0.717) is 12.5 Å². The largest absolute Gasteiger partial charge is 0.442 e. The molecule has 1 heterocycles. The molecule has 1 rings (SSSR count). The van der Waals surface area contributed by atoms with Crippen LogP contribution in [0.5, 0.6) is 0 Å². The molecule has 0 N–H and O–H groups in total. The van der Waals surface area contributed by atoms with Crippen molar-refractivity contribution in [3.05, 3.63) is 0 Å². The number of carbonyl (C=O) groups excluding carboxylic acids is 2. The summed E-state index contributed by atoms with van der Waals surface area (Å²) in [6.45, 7) is 7.96. The molecule has 2 unspecified atom stereocenters. The number of carbonyl (C=O) groups is 2. The van der Waals surface area contributed by atoms with Crippen molar-refractivity contribution in [2.75, 3.05) is 13.6 Å². The van der Waals surface area contributed by atoms with Crippen LogP contribution in [0.1, 0.15) is 34.1 Å². The number of amides is 3. The Morgan fingerprint density at radius 3 is 2.25 bits per heavy atom. The summed E-state index contributed by atoms with van der Waals surface area (Å²) in [6, 6.07) is -0.322. The zero-order valence-electron chi connectivity index (χ0n) is 10.6. The number of rotatable bonds is 3. The third-order valence-electron chi connectivity index (χ3n) is 3.43. The molecular formula is C11H20ClN2O2+. The number of hydrogen-bond donors (Lipinski definition) is 0. The Balaban J connectivity index is 3.06. The summed E-state index contributed by atoms with van der Waals surface area (Å²) in [5.74, 6) is 0.185. The molecule has 3 amide bonds. The Bertz CT molecular complexity index is 330. The molecule has 1 aliphatic rings. The quantitative estimate of drug-likeness (QED) is 0.436. The number of hydrogen-bond acceptors (Lipinski definition) is 2. The van der Waals surface area contributed by atoms with E-state index in [9.17, 15) is 9.59 Å². The first-order valence-electron chi connectivity index (χ1n) is 5.59. The fourth-order valence-corrected chi connectivity index (χ4v) is 2.36. The second-order valence-electron chi connectivity index (χ2n) is 5.32. The standard InChI is InChI=1S/C11H20ClN2O2/c1-6-8(2)7-14(5)9(15)11(3,4)13(12)10(14)16/h8H,6-7H2,1-5H3/q+1. The van der Waals surface area contributed by atoms with Gasteiger partial charge in [-0.3, -0.25) is 0 Å². The van der Waals surface area contributed by atoms with Gasteiger partial charge in [0.2, 0.25) is 0 Å². The number of halogens is 1. The van der Waals surface area contributed by atoms with Crippen LogP contribution >= 0.6 is 11.8 Å². The maximum Gasteiger partial charge on any atom is 0.442 e. The predicted octanol–water partition coefficient (Wildman–Crippen LogP) is 2.37. The molecule has 0 aromatic rings. The zero-order valence-corrected chi connectivity index (χ0v) is 11.3. The van der Waals surface area contributed by atoms with Crippen LogP contribution in [-0.2, 0) is 4.79 Å². The van der Waals surface area contributed by atoms with Crippen molar-refractivity contribution in [1.82, 2.24) is 4.42 Å². The van der Waals surface area contributed by atoms with Gasteiger partial charge < -0.3 is 0 Å². The van der Waals surface area contributed by atoms with Crippen molar-refractivity contribution in [2.45, 2.75) is 39.7 Å². The van der Waals surface area contributed by atoms with Gasteiger partial charge in [0.25, 0.3) is 0 Å². The van der Waals surface area contributed by atoms with Crippen molar-refractivity contribution >= 4 is 23.7 Å². The molecule has 1 saturated heterocycles. The summed E-state index contributed by atoms with van der Waals surface area (Å²) in [4.78, 5) is 24.3. The molecule has 2 atom stereocenters. The molecule has 0 aliphatic carbocycles. The Morgan fingerprint density at radius 2 is 1.94 bits per heavy atom. The lowest BCUT2D eigenvalue weighted by molar-refractivity contribution is -0.751. The van der Waals surface area contributed by atoms with Crippen LogP contribution in [0.25, 0.3) is 0 Å². The van der Waals surface area contributed by atoms with Crippen LogP contribution in [0, 0.1) is 5.92 Å². The molecule has 5 heteroatoms. The Kier molecular flexibility index (Phi) is 3.37. The van der Waals surface area contributed by atoms with Gasteiger partial charge in [-0.2, -0.15) is 8.90 Å². The van der Waals surface area contributed by atoms with E-state index in [2.05, 4.69) is 0 Å². The maximum atomic E-state index is 12.2. The van der Waals surface area contributed by atoms with Gasteiger partial charge in [-0.25, -0.2) is 9.59 Å². The van der Waals surface area contributed by atoms with Gasteiger partial charge in [-0.1, -0.05) is 13.8 Å². The number of likely N-dealkylation sites (N-methyl/N-ethyl adjacent to an activating group) is 1. The molecule has 0 bridgehead atoms. The van der Waals surface area contributed by atoms with Crippen molar-refractivity contribution in [3.8, 4) is 0 Å². The summed E-state index contributed by atoms with van der Waals surface area (Å²) in [5.41, 5.74) is -0.916. The van der Waals surface area contributed by atoms with E-state index in [1.807, 2.05) is 13.8 Å². The van der Waals surface area contributed by atoms with Crippen LogP contribution in [-0.4, -0.2) is 40.0 Å². The van der Waals surface area contributed by atoms with E-state index in [1.54, 1.807) is 20.9 Å². The highest BCUT2D eigenvalue weighted by molar-refractivity contribution is 6.25. The molecule has 92 valence electrons. The zero-order chi connectivity index (χ0) is 12.7. The van der Waals surface area contributed by atoms with E-state index in [0.717, 1.165) is 10.8 Å². The summed E-state index contributed by atoms with van der Waals surface area (Å²) >= 11 is 5.91. The van der Waals surface area contributed by atoms with Gasteiger partial charge in [0.15, 0.2) is 5.54 Å². The topological polar surface area (TPSA) is 37.4 Å². The highest BCUT2D eigenvalue weighted by atomic mass is 35.5. The van der Waals surface area contributed by atoms with Gasteiger partial charge in [-0.15, -0.1) is 0 Å². The van der Waals surface area contributed by atoms with Crippen molar-refractivity contribution in [1.29, 1.82) is 0 Å². The molecule has 0 spiro atoms. The van der Waals surface area contributed by atoms with E-state index in [1.165, 1.54) is 0 Å². The average Bonchev–Trinajstić information content (AvgIpc) is 2.33. The first kappa shape index (κ1) is 13.5. The number of quaternary nitrogens is 1. The van der Waals surface area contributed by atoms with Crippen LogP contribution in [0.2, 0.25) is 0 Å². The number of nitrogens with zero attached hydrogens (tertiary/aromatic N) is 2. The predicted molar refractivity (Wildman–Crippen MR) is 62.7 cm³/mol. The van der Waals surface area contributed by atoms with Crippen LogP contribution < -0.4 is 0 Å². The lowest BCUT2D eigenvalue weighted by atomic mass is 10.0.